The third kappa shape index (κ3) is 6.67. The molecule has 1 heterocycles. The summed E-state index contributed by atoms with van der Waals surface area (Å²) in [6.07, 6.45) is 2.19. The van der Waals surface area contributed by atoms with Crippen LogP contribution in [-0.4, -0.2) is 37.7 Å². The van der Waals surface area contributed by atoms with Crippen molar-refractivity contribution in [1.29, 1.82) is 0 Å². The quantitative estimate of drug-likeness (QED) is 0.728. The van der Waals surface area contributed by atoms with E-state index >= 15 is 0 Å². The van der Waals surface area contributed by atoms with Gasteiger partial charge >= 0.3 is 6.03 Å². The van der Waals surface area contributed by atoms with Crippen molar-refractivity contribution < 1.29 is 14.3 Å². The maximum absolute atomic E-state index is 12.0. The largest absolute Gasteiger partial charge is 0.377 e. The predicted molar refractivity (Wildman–Crippen MR) is 102 cm³/mol. The van der Waals surface area contributed by atoms with Gasteiger partial charge in [0.25, 0.3) is 0 Å². The van der Waals surface area contributed by atoms with Gasteiger partial charge in [0.05, 0.1) is 12.6 Å². The number of hydrogen-bond donors (Lipinski definition) is 3. The molecule has 0 spiro atoms. The molecule has 1 aliphatic rings. The highest BCUT2D eigenvalue weighted by atomic mass is 16.5. The molecule has 26 heavy (non-hydrogen) atoms. The number of nitrogens with one attached hydrogen (secondary N) is 3. The molecular formula is C20H31N3O3. The van der Waals surface area contributed by atoms with Crippen LogP contribution in [0.5, 0.6) is 0 Å². The molecule has 1 aromatic rings. The molecule has 0 saturated carbocycles. The smallest absolute Gasteiger partial charge is 0.315 e. The zero-order valence-electron chi connectivity index (χ0n) is 16.0. The lowest BCUT2D eigenvalue weighted by molar-refractivity contribution is -0.120. The Hall–Kier alpha value is -2.08. The molecule has 2 rings (SSSR count). The van der Waals surface area contributed by atoms with Gasteiger partial charge in [-0.1, -0.05) is 51.1 Å². The van der Waals surface area contributed by atoms with Crippen LogP contribution in [0.3, 0.4) is 0 Å². The molecule has 0 aromatic heterocycles. The van der Waals surface area contributed by atoms with E-state index in [4.69, 9.17) is 4.74 Å². The van der Waals surface area contributed by atoms with E-state index in [-0.39, 0.29) is 30.0 Å². The summed E-state index contributed by atoms with van der Waals surface area (Å²) in [5.74, 6) is 0.0824. The van der Waals surface area contributed by atoms with Gasteiger partial charge in [0, 0.05) is 25.6 Å². The van der Waals surface area contributed by atoms with E-state index in [1.807, 2.05) is 30.3 Å². The number of rotatable bonds is 6. The van der Waals surface area contributed by atoms with Gasteiger partial charge in [0.15, 0.2) is 0 Å². The predicted octanol–water partition coefficient (Wildman–Crippen LogP) is 2.44. The molecule has 1 aromatic carbocycles. The number of carbonyl (C=O) groups excluding carboxylic acids is 2. The van der Waals surface area contributed by atoms with Crippen LogP contribution in [0.4, 0.5) is 4.79 Å². The van der Waals surface area contributed by atoms with Gasteiger partial charge < -0.3 is 20.7 Å². The highest BCUT2D eigenvalue weighted by molar-refractivity contribution is 5.83. The molecule has 0 bridgehead atoms. The summed E-state index contributed by atoms with van der Waals surface area (Å²) in [7, 11) is 0. The fourth-order valence-corrected chi connectivity index (χ4v) is 3.32. The maximum Gasteiger partial charge on any atom is 0.315 e. The summed E-state index contributed by atoms with van der Waals surface area (Å²) in [5.41, 5.74) is 1.07. The fourth-order valence-electron chi connectivity index (χ4n) is 3.32. The summed E-state index contributed by atoms with van der Waals surface area (Å²) in [6, 6.07) is 9.34. The molecule has 1 fully saturated rings. The Morgan fingerprint density at radius 1 is 1.12 bits per heavy atom. The van der Waals surface area contributed by atoms with Gasteiger partial charge in [-0.3, -0.25) is 4.79 Å². The zero-order valence-corrected chi connectivity index (χ0v) is 16.0. The minimum atomic E-state index is -0.321. The first-order valence-electron chi connectivity index (χ1n) is 9.30. The van der Waals surface area contributed by atoms with Crippen molar-refractivity contribution in [3.05, 3.63) is 35.9 Å². The van der Waals surface area contributed by atoms with E-state index in [9.17, 15) is 9.59 Å². The molecule has 0 radical (unpaired) electrons. The molecule has 2 unspecified atom stereocenters. The SMILES string of the molecule is CC(C)(C)C1OCCCC1CNC(=O)NCC(=O)NCc1ccccc1. The van der Waals surface area contributed by atoms with Crippen molar-refractivity contribution in [3.8, 4) is 0 Å². The van der Waals surface area contributed by atoms with Crippen molar-refractivity contribution in [2.24, 2.45) is 11.3 Å². The lowest BCUT2D eigenvalue weighted by Gasteiger charge is -2.40. The van der Waals surface area contributed by atoms with E-state index in [0.29, 0.717) is 19.0 Å². The standard InChI is InChI=1S/C20H31N3O3/c1-20(2,3)18-16(10-7-11-26-18)13-22-19(25)23-14-17(24)21-12-15-8-5-4-6-9-15/h4-6,8-9,16,18H,7,10-14H2,1-3H3,(H,21,24)(H2,22,23,25). The second-order valence-corrected chi connectivity index (χ2v) is 7.89. The summed E-state index contributed by atoms with van der Waals surface area (Å²) in [5, 5.41) is 8.27. The second kappa shape index (κ2) is 9.57. The fraction of sp³-hybridized carbons (Fsp3) is 0.600. The van der Waals surface area contributed by atoms with Crippen LogP contribution in [0.2, 0.25) is 0 Å². The normalized spacial score (nSPS) is 20.3. The lowest BCUT2D eigenvalue weighted by atomic mass is 9.78. The van der Waals surface area contributed by atoms with E-state index in [1.54, 1.807) is 0 Å². The Kier molecular flexibility index (Phi) is 7.45. The average molecular weight is 361 g/mol. The van der Waals surface area contributed by atoms with Crippen LogP contribution < -0.4 is 16.0 Å². The third-order valence-electron chi connectivity index (χ3n) is 4.57. The van der Waals surface area contributed by atoms with Crippen molar-refractivity contribution in [2.45, 2.75) is 46.3 Å². The van der Waals surface area contributed by atoms with E-state index < -0.39 is 0 Å². The summed E-state index contributed by atoms with van der Waals surface area (Å²) in [4.78, 5) is 23.8. The number of ether oxygens (including phenoxy) is 1. The molecule has 1 aliphatic heterocycles. The number of carbonyl (C=O) groups is 2. The van der Waals surface area contributed by atoms with Crippen LogP contribution in [0.15, 0.2) is 30.3 Å². The molecule has 0 aliphatic carbocycles. The van der Waals surface area contributed by atoms with Crippen molar-refractivity contribution in [1.82, 2.24) is 16.0 Å². The van der Waals surface area contributed by atoms with E-state index in [0.717, 1.165) is 25.0 Å². The van der Waals surface area contributed by atoms with Crippen molar-refractivity contribution in [3.63, 3.8) is 0 Å². The van der Waals surface area contributed by atoms with Gasteiger partial charge in [-0.25, -0.2) is 4.79 Å². The van der Waals surface area contributed by atoms with Crippen LogP contribution in [0, 0.1) is 11.3 Å². The molecule has 144 valence electrons. The average Bonchev–Trinajstić information content (AvgIpc) is 2.63. The van der Waals surface area contributed by atoms with E-state index in [1.165, 1.54) is 0 Å². The van der Waals surface area contributed by atoms with Gasteiger partial charge in [0.1, 0.15) is 0 Å². The number of urea groups is 1. The number of hydrogen-bond acceptors (Lipinski definition) is 3. The minimum Gasteiger partial charge on any atom is -0.377 e. The van der Waals surface area contributed by atoms with Crippen LogP contribution in [0.25, 0.3) is 0 Å². The van der Waals surface area contributed by atoms with Gasteiger partial charge in [0.2, 0.25) is 5.91 Å². The highest BCUT2D eigenvalue weighted by Crippen LogP contribution is 2.33. The summed E-state index contributed by atoms with van der Waals surface area (Å²) >= 11 is 0. The Morgan fingerprint density at radius 2 is 1.85 bits per heavy atom. The maximum atomic E-state index is 12.0. The third-order valence-corrected chi connectivity index (χ3v) is 4.57. The van der Waals surface area contributed by atoms with Gasteiger partial charge in [-0.15, -0.1) is 0 Å². The Bertz CT molecular complexity index is 584. The van der Waals surface area contributed by atoms with Crippen molar-refractivity contribution >= 4 is 11.9 Å². The number of benzene rings is 1. The van der Waals surface area contributed by atoms with Gasteiger partial charge in [-0.05, 0) is 23.8 Å². The Morgan fingerprint density at radius 3 is 2.54 bits per heavy atom. The molecule has 2 atom stereocenters. The molecule has 3 N–H and O–H groups in total. The van der Waals surface area contributed by atoms with Crippen molar-refractivity contribution in [2.75, 3.05) is 19.7 Å². The van der Waals surface area contributed by atoms with Crippen LogP contribution in [-0.2, 0) is 16.1 Å². The Balaban J connectivity index is 1.67. The zero-order chi connectivity index (χ0) is 19.0. The second-order valence-electron chi connectivity index (χ2n) is 7.89. The molecule has 3 amide bonds. The first-order valence-corrected chi connectivity index (χ1v) is 9.30. The Labute approximate surface area is 156 Å². The number of amides is 3. The van der Waals surface area contributed by atoms with E-state index in [2.05, 4.69) is 36.7 Å². The highest BCUT2D eigenvalue weighted by Gasteiger charge is 2.35. The topological polar surface area (TPSA) is 79.5 Å². The first kappa shape index (κ1) is 20.2. The van der Waals surface area contributed by atoms with Crippen LogP contribution in [0.1, 0.15) is 39.2 Å². The molecule has 6 heteroatoms. The first-order chi connectivity index (χ1) is 12.4. The molecular weight excluding hydrogens is 330 g/mol. The summed E-state index contributed by atoms with van der Waals surface area (Å²) in [6.45, 7) is 8.23. The molecule has 1 saturated heterocycles. The lowest BCUT2D eigenvalue weighted by Crippen LogP contribution is -2.48. The summed E-state index contributed by atoms with van der Waals surface area (Å²) < 4.78 is 5.92. The monoisotopic (exact) mass is 361 g/mol. The van der Waals surface area contributed by atoms with Crippen LogP contribution >= 0.6 is 0 Å². The molecule has 6 nitrogen and oxygen atoms in total. The minimum absolute atomic E-state index is 0.0392. The van der Waals surface area contributed by atoms with Gasteiger partial charge in [-0.2, -0.15) is 0 Å².